The van der Waals surface area contributed by atoms with Crippen LogP contribution in [0.2, 0.25) is 0 Å². The topological polar surface area (TPSA) is 45.2 Å². The summed E-state index contributed by atoms with van der Waals surface area (Å²) in [6, 6.07) is 16.4. The van der Waals surface area contributed by atoms with Crippen LogP contribution in [0.15, 0.2) is 60.1 Å². The third-order valence-corrected chi connectivity index (χ3v) is 5.69. The lowest BCUT2D eigenvalue weighted by molar-refractivity contribution is 0.193. The number of carbonyl (C=O) groups is 1. The quantitative estimate of drug-likeness (QED) is 0.457. The van der Waals surface area contributed by atoms with E-state index < -0.39 is 0 Å². The zero-order chi connectivity index (χ0) is 20.6. The lowest BCUT2D eigenvalue weighted by Gasteiger charge is -2.27. The smallest absolute Gasteiger partial charge is 0.318 e. The monoisotopic (exact) mass is 407 g/mol. The van der Waals surface area contributed by atoms with Gasteiger partial charge >= 0.3 is 6.03 Å². The fraction of sp³-hybridized carbons (Fsp3) is 0.333. The van der Waals surface area contributed by atoms with Crippen molar-refractivity contribution in [3.8, 4) is 10.6 Å². The second-order valence-corrected chi connectivity index (χ2v) is 8.38. The number of hydrogen-bond acceptors (Lipinski definition) is 3. The van der Waals surface area contributed by atoms with E-state index in [0.717, 1.165) is 28.2 Å². The zero-order valence-electron chi connectivity index (χ0n) is 17.4. The lowest BCUT2D eigenvalue weighted by atomic mass is 10.1. The highest BCUT2D eigenvalue weighted by molar-refractivity contribution is 7.13. The number of unbranched alkanes of at least 4 members (excludes halogenated alkanes) is 1. The van der Waals surface area contributed by atoms with E-state index >= 15 is 0 Å². The summed E-state index contributed by atoms with van der Waals surface area (Å²) in [5.74, 6) is 0. The minimum absolute atomic E-state index is 0.0824. The Morgan fingerprint density at radius 1 is 1.14 bits per heavy atom. The molecule has 0 unspecified atom stereocenters. The van der Waals surface area contributed by atoms with Crippen molar-refractivity contribution in [2.24, 2.45) is 0 Å². The molecule has 0 bridgehead atoms. The van der Waals surface area contributed by atoms with E-state index in [1.54, 1.807) is 11.3 Å². The molecule has 0 radical (unpaired) electrons. The fourth-order valence-corrected chi connectivity index (χ4v) is 3.82. The first-order valence-corrected chi connectivity index (χ1v) is 11.1. The highest BCUT2D eigenvalue weighted by atomic mass is 32.1. The van der Waals surface area contributed by atoms with Crippen LogP contribution in [0.5, 0.6) is 0 Å². The summed E-state index contributed by atoms with van der Waals surface area (Å²) in [6.07, 6.45) is 5.27. The highest BCUT2D eigenvalue weighted by Gasteiger charge is 2.18. The number of urea groups is 1. The zero-order valence-corrected chi connectivity index (χ0v) is 18.2. The maximum atomic E-state index is 12.9. The maximum Gasteiger partial charge on any atom is 0.322 e. The Morgan fingerprint density at radius 3 is 2.59 bits per heavy atom. The minimum Gasteiger partial charge on any atom is -0.318 e. The van der Waals surface area contributed by atoms with Gasteiger partial charge in [-0.25, -0.2) is 9.78 Å². The van der Waals surface area contributed by atoms with E-state index in [1.807, 2.05) is 48.5 Å². The van der Waals surface area contributed by atoms with Gasteiger partial charge in [-0.3, -0.25) is 0 Å². The average molecular weight is 408 g/mol. The summed E-state index contributed by atoms with van der Waals surface area (Å²) in [5.41, 5.74) is 4.32. The van der Waals surface area contributed by atoms with Crippen LogP contribution >= 0.6 is 11.3 Å². The van der Waals surface area contributed by atoms with Crippen LogP contribution in [0.25, 0.3) is 10.6 Å². The third-order valence-electron chi connectivity index (χ3n) is 4.87. The van der Waals surface area contributed by atoms with Gasteiger partial charge in [0.1, 0.15) is 5.01 Å². The number of nitrogens with zero attached hydrogens (tertiary/aromatic N) is 2. The van der Waals surface area contributed by atoms with Crippen molar-refractivity contribution in [3.63, 3.8) is 0 Å². The molecule has 0 fully saturated rings. The molecule has 0 saturated heterocycles. The molecule has 0 aliphatic carbocycles. The Bertz CT molecular complexity index is 904. The summed E-state index contributed by atoms with van der Waals surface area (Å²) in [5, 5.41) is 6.02. The van der Waals surface area contributed by atoms with Crippen LogP contribution in [0.4, 0.5) is 10.5 Å². The van der Waals surface area contributed by atoms with E-state index in [4.69, 9.17) is 0 Å². The number of anilines is 1. The van der Waals surface area contributed by atoms with Crippen LogP contribution < -0.4 is 5.32 Å². The number of nitrogens with one attached hydrogen (secondary N) is 1. The summed E-state index contributed by atoms with van der Waals surface area (Å²) in [7, 11) is 0. The number of aromatic nitrogens is 1. The Morgan fingerprint density at radius 2 is 1.93 bits per heavy atom. The molecule has 1 N–H and O–H groups in total. The Labute approximate surface area is 177 Å². The number of thiazole rings is 1. The Kier molecular flexibility index (Phi) is 7.42. The van der Waals surface area contributed by atoms with Gasteiger partial charge < -0.3 is 10.2 Å². The molecular weight excluding hydrogens is 378 g/mol. The highest BCUT2D eigenvalue weighted by Crippen LogP contribution is 2.23. The van der Waals surface area contributed by atoms with Crippen molar-refractivity contribution >= 4 is 23.1 Å². The SMILES string of the molecule is CCCCc1ccc(NC(=O)N(Cc2cccc(-c3nccs3)c2)C(C)C)cc1. The van der Waals surface area contributed by atoms with E-state index in [1.165, 1.54) is 18.4 Å². The molecule has 0 aliphatic rings. The predicted octanol–water partition coefficient (Wildman–Crippen LogP) is 6.60. The third kappa shape index (κ3) is 5.91. The van der Waals surface area contributed by atoms with E-state index in [2.05, 4.69) is 47.6 Å². The largest absolute Gasteiger partial charge is 0.322 e. The molecule has 0 atom stereocenters. The number of hydrogen-bond donors (Lipinski definition) is 1. The molecule has 2 aromatic carbocycles. The molecule has 4 nitrogen and oxygen atoms in total. The Balaban J connectivity index is 1.68. The standard InChI is InChI=1S/C24H29N3OS/c1-4-5-7-19-10-12-22(13-11-19)26-24(28)27(18(2)3)17-20-8-6-9-21(16-20)23-25-14-15-29-23/h6,8-16,18H,4-5,7,17H2,1-3H3,(H,26,28). The number of aryl methyl sites for hydroxylation is 1. The first kappa shape index (κ1) is 21.1. The van der Waals surface area contributed by atoms with Gasteiger partial charge in [-0.05, 0) is 56.0 Å². The molecule has 0 saturated carbocycles. The summed E-state index contributed by atoms with van der Waals surface area (Å²) in [4.78, 5) is 19.2. The van der Waals surface area contributed by atoms with Crippen molar-refractivity contribution in [2.75, 3.05) is 5.32 Å². The second kappa shape index (κ2) is 10.2. The molecule has 5 heteroatoms. The van der Waals surface area contributed by atoms with Gasteiger partial charge in [0.15, 0.2) is 0 Å². The number of rotatable bonds is 8. The predicted molar refractivity (Wildman–Crippen MR) is 122 cm³/mol. The lowest BCUT2D eigenvalue weighted by Crippen LogP contribution is -2.39. The number of carbonyl (C=O) groups excluding carboxylic acids is 1. The minimum atomic E-state index is -0.0824. The van der Waals surface area contributed by atoms with Crippen LogP contribution in [0.1, 0.15) is 44.7 Å². The van der Waals surface area contributed by atoms with Crippen LogP contribution in [-0.4, -0.2) is 22.0 Å². The summed E-state index contributed by atoms with van der Waals surface area (Å²) in [6.45, 7) is 6.83. The van der Waals surface area contributed by atoms with E-state index in [9.17, 15) is 4.79 Å². The molecular formula is C24H29N3OS. The van der Waals surface area contributed by atoms with Crippen molar-refractivity contribution in [1.82, 2.24) is 9.88 Å². The van der Waals surface area contributed by atoms with Crippen LogP contribution in [-0.2, 0) is 13.0 Å². The van der Waals surface area contributed by atoms with Crippen molar-refractivity contribution in [1.29, 1.82) is 0 Å². The second-order valence-electron chi connectivity index (χ2n) is 7.49. The van der Waals surface area contributed by atoms with Crippen molar-refractivity contribution in [3.05, 3.63) is 71.2 Å². The number of amides is 2. The molecule has 29 heavy (non-hydrogen) atoms. The molecule has 3 rings (SSSR count). The molecule has 0 spiro atoms. The number of benzene rings is 2. The summed E-state index contributed by atoms with van der Waals surface area (Å²) >= 11 is 1.62. The van der Waals surface area contributed by atoms with E-state index in [0.29, 0.717) is 6.54 Å². The van der Waals surface area contributed by atoms with Crippen molar-refractivity contribution in [2.45, 2.75) is 52.6 Å². The van der Waals surface area contributed by atoms with Gasteiger partial charge in [-0.15, -0.1) is 11.3 Å². The molecule has 0 aliphatic heterocycles. The van der Waals surface area contributed by atoms with Gasteiger partial charge in [0.25, 0.3) is 0 Å². The van der Waals surface area contributed by atoms with Gasteiger partial charge in [-0.1, -0.05) is 43.7 Å². The molecule has 2 amide bonds. The van der Waals surface area contributed by atoms with Gasteiger partial charge in [0, 0.05) is 35.4 Å². The Hall–Kier alpha value is -2.66. The molecule has 3 aromatic rings. The maximum absolute atomic E-state index is 12.9. The molecule has 1 heterocycles. The first-order chi connectivity index (χ1) is 14.1. The normalized spacial score (nSPS) is 10.9. The van der Waals surface area contributed by atoms with Gasteiger partial charge in [0.2, 0.25) is 0 Å². The van der Waals surface area contributed by atoms with Crippen LogP contribution in [0.3, 0.4) is 0 Å². The average Bonchev–Trinajstić information content (AvgIpc) is 3.26. The van der Waals surface area contributed by atoms with E-state index in [-0.39, 0.29) is 12.1 Å². The van der Waals surface area contributed by atoms with Gasteiger partial charge in [-0.2, -0.15) is 0 Å². The molecule has 152 valence electrons. The van der Waals surface area contributed by atoms with Gasteiger partial charge in [0.05, 0.1) is 0 Å². The van der Waals surface area contributed by atoms with Crippen LogP contribution in [0, 0.1) is 0 Å². The fourth-order valence-electron chi connectivity index (χ4n) is 3.19. The van der Waals surface area contributed by atoms with Crippen molar-refractivity contribution < 1.29 is 4.79 Å². The first-order valence-electron chi connectivity index (χ1n) is 10.2. The summed E-state index contributed by atoms with van der Waals surface area (Å²) < 4.78 is 0. The molecule has 1 aromatic heterocycles.